The number of β-amino-alcohol motifs (C(OH)–C–C–N with tert-alkyl or cyclic N) is 1. The second-order valence-electron chi connectivity index (χ2n) is 45.5. The summed E-state index contributed by atoms with van der Waals surface area (Å²) in [4.78, 5) is 30.8. The van der Waals surface area contributed by atoms with E-state index in [9.17, 15) is 23.4 Å². The monoisotopic (exact) mass is 2040 g/mol. The van der Waals surface area contributed by atoms with Crippen LogP contribution in [0, 0.1) is 81.5 Å². The first kappa shape index (κ1) is 107. The van der Waals surface area contributed by atoms with Gasteiger partial charge in [0.25, 0.3) is 0 Å². The fourth-order valence-corrected chi connectivity index (χ4v) is 23.8. The fraction of sp³-hybridized carbons (Fsp3) is 0.525. The highest BCUT2D eigenvalue weighted by Crippen LogP contribution is 2.51. The van der Waals surface area contributed by atoms with E-state index >= 15 is 35.1 Å². The number of aromatic nitrogens is 4. The highest BCUT2D eigenvalue weighted by Gasteiger charge is 2.48. The minimum absolute atomic E-state index is 0.00564. The predicted octanol–water partition coefficient (Wildman–Crippen LogP) is 23.2. The number of fused-ring (bicyclic) bond motifs is 12. The molecule has 0 radical (unpaired) electrons. The molecular weight excluding hydrogens is 1890 g/mol. The standard InChI is InChI=1S/C30H36F3N3O.C30H38F3N3O.C29H36F3N3O.C29H37F2N3O3/c1-17-9-19(17)13-35-14-21(15-35)37-20-11-24(31)27(25(32)12-20)29-28-23(22-7-5-6-8-26(22)34-28)10-18(2)36(29)16-30(3,4)33;1-5-6-11-35-15-21(16-35)37-20-13-24(32)27(25(33)14-20)29-28-23(22-9-7-8-10-26(22)34-28)12-19(2)36(29)18-30(3,4)17-31;1-4-20-16-34(17-20)9-10-36-21-12-24(31)27(25(32)13-21)29-28-23(22-7-5-6-8-26(22)33-28)11-19(3)35(29)15-18(2)14-30;1-4-19-14-33(15-19)9-10-37-20-12-23(30)26(24(31)13-20)28-27-22(21-7-5-6-8-25(21)32-27)11-18(2)34(28)16-29(3,36)17-35/h5-8,11-12,17-19,21,29,34H,9-10,13-16H2,1-4H3;7-10,13-14,19,21,29,34H,5-6,11-12,15-18H2,1-4H3;5-8,12-13,18-20,29,33H,4,9-11,14-17H2,1-3H3;5-8,12-13,18-19,28,32,35-36H,4,9-11,14-17H2,1-3H3/t17-,18-,19+,29-;19-,29-;18-,19-,29-;18-,28-,29+/m1111/s1. The van der Waals surface area contributed by atoms with Gasteiger partial charge in [0.15, 0.2) is 0 Å². The average molecular weight is 2040 g/mol. The molecule has 4 saturated heterocycles. The number of alkyl halides is 3. The zero-order valence-corrected chi connectivity index (χ0v) is 87.5. The average Bonchev–Trinajstić information content (AvgIpc) is 1.62. The summed E-state index contributed by atoms with van der Waals surface area (Å²) in [7, 11) is 0. The number of ether oxygens (including phenoxy) is 4. The van der Waals surface area contributed by atoms with Crippen molar-refractivity contribution < 1.29 is 77.5 Å². The lowest BCUT2D eigenvalue weighted by atomic mass is 9.85. The van der Waals surface area contributed by atoms with Crippen LogP contribution in [0.5, 0.6) is 23.0 Å². The molecule has 1 saturated carbocycles. The lowest BCUT2D eigenvalue weighted by Gasteiger charge is -2.44. The number of halogens is 11. The molecule has 18 nitrogen and oxygen atoms in total. The van der Waals surface area contributed by atoms with Gasteiger partial charge in [0, 0.05) is 265 Å². The summed E-state index contributed by atoms with van der Waals surface area (Å²) in [5, 5.41) is 24.7. The van der Waals surface area contributed by atoms with Crippen LogP contribution in [0.3, 0.4) is 0 Å². The van der Waals surface area contributed by atoms with Crippen LogP contribution in [0.15, 0.2) is 146 Å². The topological polar surface area (TPSA) is 166 Å². The van der Waals surface area contributed by atoms with Crippen LogP contribution in [0.1, 0.15) is 220 Å². The Morgan fingerprint density at radius 1 is 0.415 bits per heavy atom. The van der Waals surface area contributed by atoms with E-state index in [2.05, 4.69) is 86.0 Å². The fourth-order valence-electron chi connectivity index (χ4n) is 23.8. The Morgan fingerprint density at radius 2 is 0.728 bits per heavy atom. The smallest absolute Gasteiger partial charge is 0.135 e. The molecule has 12 aromatic rings. The molecule has 12 atom stereocenters. The van der Waals surface area contributed by atoms with Crippen molar-refractivity contribution >= 4 is 43.6 Å². The maximum absolute atomic E-state index is 15.8. The number of benzene rings is 8. The van der Waals surface area contributed by atoms with E-state index < -0.39 is 107 Å². The largest absolute Gasteiger partial charge is 0.492 e. The highest BCUT2D eigenvalue weighted by atomic mass is 19.2. The first-order chi connectivity index (χ1) is 70.4. The Hall–Kier alpha value is -10.1. The number of hydrogen-bond donors (Lipinski definition) is 6. The summed E-state index contributed by atoms with van der Waals surface area (Å²) in [6.07, 6.45) is 8.56. The van der Waals surface area contributed by atoms with E-state index in [0.29, 0.717) is 44.8 Å². The van der Waals surface area contributed by atoms with Crippen molar-refractivity contribution in [1.29, 1.82) is 0 Å². The third-order valence-electron chi connectivity index (χ3n) is 32.2. The molecule has 8 aliphatic heterocycles. The first-order valence-corrected chi connectivity index (χ1v) is 53.4. The van der Waals surface area contributed by atoms with Gasteiger partial charge in [-0.15, -0.1) is 0 Å². The van der Waals surface area contributed by atoms with E-state index in [1.54, 1.807) is 0 Å². The number of hydrogen-bond acceptors (Lipinski definition) is 14. The molecule has 12 heterocycles. The molecule has 1 aliphatic carbocycles. The molecule has 0 bridgehead atoms. The molecule has 147 heavy (non-hydrogen) atoms. The van der Waals surface area contributed by atoms with Gasteiger partial charge in [-0.3, -0.25) is 48.0 Å². The molecule has 9 aliphatic rings. The minimum Gasteiger partial charge on any atom is -0.492 e. The molecule has 0 unspecified atom stereocenters. The van der Waals surface area contributed by atoms with Crippen molar-refractivity contribution in [3.63, 3.8) is 0 Å². The third kappa shape index (κ3) is 23.4. The van der Waals surface area contributed by atoms with Crippen molar-refractivity contribution in [1.82, 2.24) is 59.1 Å². The summed E-state index contributed by atoms with van der Waals surface area (Å²) in [5.74, 6) is -1.65. The predicted molar refractivity (Wildman–Crippen MR) is 559 cm³/mol. The maximum atomic E-state index is 15.8. The van der Waals surface area contributed by atoms with Crippen molar-refractivity contribution in [2.24, 2.45) is 35.0 Å². The van der Waals surface area contributed by atoms with E-state index in [0.717, 1.165) is 217 Å². The molecule has 8 aromatic carbocycles. The number of para-hydroxylation sites is 4. The zero-order valence-electron chi connectivity index (χ0n) is 87.5. The Kier molecular flexibility index (Phi) is 32.6. The first-order valence-electron chi connectivity index (χ1n) is 53.4. The molecule has 792 valence electrons. The van der Waals surface area contributed by atoms with Crippen molar-refractivity contribution in [3.05, 3.63) is 259 Å². The lowest BCUT2D eigenvalue weighted by molar-refractivity contribution is -0.0437. The number of aliphatic hydroxyl groups excluding tert-OH is 1. The SMILES string of the molecule is CCC1CN(CCOc2cc(F)c([C@@H]3c4[nH]c5ccccc5c4C[C@@H](C)N3C[C@H](C)CF)c(F)c2)C1.CCC1CN(CCOc2cc(F)c([C@@H]3c4[nH]c5ccccc5c4C[C@@H](C)N3C[C@](C)(O)CO)c(F)c2)C1.CCCCN1CC(Oc2cc(F)c([C@@H]3c4[nH]c5ccccc5c4C[C@@H](C)N3CC(C)(C)CF)c(F)c2)C1.C[C@@H]1C[C@H]1CN1CC(Oc2cc(F)c([C@@H]3c4[nH]c5ccccc5c4C[C@@H](C)N3CC(C)(C)F)c(F)c2)C1. The summed E-state index contributed by atoms with van der Waals surface area (Å²) < 4.78 is 192. The minimum atomic E-state index is -1.53. The number of unbranched alkanes of at least 4 members (excludes halogenated alkanes) is 1. The molecule has 29 heteroatoms. The second-order valence-corrected chi connectivity index (χ2v) is 45.5. The van der Waals surface area contributed by atoms with Gasteiger partial charge < -0.3 is 49.1 Å². The van der Waals surface area contributed by atoms with Gasteiger partial charge in [-0.05, 0) is 170 Å². The van der Waals surface area contributed by atoms with Gasteiger partial charge in [-0.1, -0.05) is 141 Å². The number of nitrogens with zero attached hydrogens (tertiary/aromatic N) is 8. The van der Waals surface area contributed by atoms with E-state index in [1.165, 1.54) is 82.1 Å². The highest BCUT2D eigenvalue weighted by molar-refractivity contribution is 5.88. The van der Waals surface area contributed by atoms with E-state index in [-0.39, 0.29) is 101 Å². The van der Waals surface area contributed by atoms with Gasteiger partial charge in [0.1, 0.15) is 101 Å². The Bertz CT molecular complexity index is 6480. The number of nitrogens with one attached hydrogen (secondary N) is 4. The molecule has 0 spiro atoms. The van der Waals surface area contributed by atoms with Crippen LogP contribution in [0.25, 0.3) is 43.6 Å². The summed E-state index contributed by atoms with van der Waals surface area (Å²) in [6.45, 7) is 38.0. The molecule has 5 fully saturated rings. The molecule has 6 N–H and O–H groups in total. The van der Waals surface area contributed by atoms with Gasteiger partial charge in [0.05, 0.1) is 49.7 Å². The Morgan fingerprint density at radius 3 is 1.05 bits per heavy atom. The van der Waals surface area contributed by atoms with Gasteiger partial charge in [0.2, 0.25) is 0 Å². The molecule has 4 aromatic heterocycles. The number of rotatable bonds is 34. The van der Waals surface area contributed by atoms with Crippen LogP contribution in [-0.2, 0) is 25.7 Å². The summed E-state index contributed by atoms with van der Waals surface area (Å²) in [5.41, 5.74) is 7.14. The Balaban J connectivity index is 0.000000128. The van der Waals surface area contributed by atoms with E-state index in [1.807, 2.05) is 146 Å². The van der Waals surface area contributed by atoms with Gasteiger partial charge in [-0.2, -0.15) is 0 Å². The maximum Gasteiger partial charge on any atom is 0.135 e. The van der Waals surface area contributed by atoms with Gasteiger partial charge in [-0.25, -0.2) is 39.5 Å². The summed E-state index contributed by atoms with van der Waals surface area (Å²) >= 11 is 0. The van der Waals surface area contributed by atoms with Crippen LogP contribution in [0.2, 0.25) is 0 Å². The van der Waals surface area contributed by atoms with Crippen molar-refractivity contribution in [2.45, 2.75) is 227 Å². The Labute approximate surface area is 857 Å². The van der Waals surface area contributed by atoms with Crippen LogP contribution >= 0.6 is 0 Å². The number of aliphatic hydroxyl groups is 2. The zero-order chi connectivity index (χ0) is 104. The number of aromatic amines is 4. The van der Waals surface area contributed by atoms with Crippen molar-refractivity contribution in [3.8, 4) is 23.0 Å². The van der Waals surface area contributed by atoms with Crippen LogP contribution in [0.4, 0.5) is 48.3 Å². The normalized spacial score (nSPS) is 23.1. The van der Waals surface area contributed by atoms with Crippen LogP contribution < -0.4 is 18.9 Å². The van der Waals surface area contributed by atoms with Crippen LogP contribution in [-0.4, -0.2) is 255 Å². The van der Waals surface area contributed by atoms with Gasteiger partial charge >= 0.3 is 0 Å². The number of H-pyrrole nitrogens is 4. The summed E-state index contributed by atoms with van der Waals surface area (Å²) in [6, 6.07) is 38.7. The molecular formula is C118H147F11N12O6. The number of likely N-dealkylation sites (tertiary alicyclic amines) is 4. The van der Waals surface area contributed by atoms with E-state index in [4.69, 9.17) is 18.9 Å². The quantitative estimate of drug-likeness (QED) is 0.0211. The lowest BCUT2D eigenvalue weighted by Crippen LogP contribution is -2.54. The molecule has 0 amide bonds. The second kappa shape index (κ2) is 44.9. The third-order valence-corrected chi connectivity index (χ3v) is 32.2. The van der Waals surface area contributed by atoms with Crippen molar-refractivity contribution in [2.75, 3.05) is 138 Å². The molecule has 21 rings (SSSR count).